The van der Waals surface area contributed by atoms with Gasteiger partial charge in [0.2, 0.25) is 5.95 Å². The van der Waals surface area contributed by atoms with Crippen molar-refractivity contribution < 1.29 is 0 Å². The van der Waals surface area contributed by atoms with Crippen LogP contribution in [-0.4, -0.2) is 14.8 Å². The van der Waals surface area contributed by atoms with Gasteiger partial charge in [-0.2, -0.15) is 14.8 Å². The molecule has 0 aliphatic carbocycles. The summed E-state index contributed by atoms with van der Waals surface area (Å²) in [4.78, 5) is 3.83. The number of aromatic nitrogens is 3. The molecule has 2 aromatic rings. The van der Waals surface area contributed by atoms with Gasteiger partial charge in [0, 0.05) is 5.02 Å². The summed E-state index contributed by atoms with van der Waals surface area (Å²) in [6.07, 6.45) is 1.41. The molecule has 0 amide bonds. The lowest BCUT2D eigenvalue weighted by molar-refractivity contribution is 0.890. The predicted octanol–water partition coefficient (Wildman–Crippen LogP) is 1.81. The molecule has 4 nitrogen and oxygen atoms in total. The molecule has 1 aromatic heterocycles. The number of hydrogen-bond acceptors (Lipinski definition) is 3. The van der Waals surface area contributed by atoms with E-state index in [0.29, 0.717) is 11.0 Å². The Balaban J connectivity index is 2.53. The maximum atomic E-state index is 5.98. The summed E-state index contributed by atoms with van der Waals surface area (Å²) >= 11 is 5.98. The number of rotatable bonds is 1. The van der Waals surface area contributed by atoms with Gasteiger partial charge in [-0.15, -0.1) is 0 Å². The van der Waals surface area contributed by atoms with E-state index in [1.807, 2.05) is 25.1 Å². The monoisotopic (exact) mass is 208 g/mol. The lowest BCUT2D eigenvalue weighted by atomic mass is 10.2. The Kier molecular flexibility index (Phi) is 2.13. The molecule has 0 unspecified atom stereocenters. The van der Waals surface area contributed by atoms with Crippen molar-refractivity contribution in [3.63, 3.8) is 0 Å². The Hall–Kier alpha value is -1.55. The minimum absolute atomic E-state index is 0.352. The first-order valence-electron chi connectivity index (χ1n) is 4.10. The van der Waals surface area contributed by atoms with E-state index in [-0.39, 0.29) is 0 Å². The molecule has 2 N–H and O–H groups in total. The van der Waals surface area contributed by atoms with Crippen LogP contribution < -0.4 is 5.73 Å². The average molecular weight is 209 g/mol. The summed E-state index contributed by atoms with van der Waals surface area (Å²) in [5.74, 6) is 0.352. The predicted molar refractivity (Wildman–Crippen MR) is 55.5 cm³/mol. The molecule has 0 aliphatic heterocycles. The molecular weight excluding hydrogens is 200 g/mol. The summed E-state index contributed by atoms with van der Waals surface area (Å²) in [5, 5.41) is 4.67. The quantitative estimate of drug-likeness (QED) is 0.778. The fourth-order valence-electron chi connectivity index (χ4n) is 1.16. The molecule has 72 valence electrons. The Bertz CT molecular complexity index is 464. The minimum atomic E-state index is 0.352. The van der Waals surface area contributed by atoms with Crippen LogP contribution in [0, 0.1) is 6.92 Å². The molecule has 5 heteroatoms. The Morgan fingerprint density at radius 1 is 1.43 bits per heavy atom. The van der Waals surface area contributed by atoms with Crippen LogP contribution in [0.25, 0.3) is 5.69 Å². The molecular formula is C9H9ClN4. The maximum absolute atomic E-state index is 5.98. The maximum Gasteiger partial charge on any atom is 0.223 e. The van der Waals surface area contributed by atoms with E-state index in [4.69, 9.17) is 17.3 Å². The fourth-order valence-corrected chi connectivity index (χ4v) is 1.34. The first-order chi connectivity index (χ1) is 6.68. The van der Waals surface area contributed by atoms with Crippen molar-refractivity contribution >= 4 is 17.5 Å². The average Bonchev–Trinajstić information content (AvgIpc) is 2.57. The van der Waals surface area contributed by atoms with Crippen molar-refractivity contribution in [1.82, 2.24) is 14.8 Å². The number of nitrogens with zero attached hydrogens (tertiary/aromatic N) is 3. The molecule has 0 radical (unpaired) electrons. The highest BCUT2D eigenvalue weighted by molar-refractivity contribution is 6.31. The summed E-state index contributed by atoms with van der Waals surface area (Å²) in [5.41, 5.74) is 7.44. The minimum Gasteiger partial charge on any atom is -0.368 e. The molecule has 14 heavy (non-hydrogen) atoms. The lowest BCUT2D eigenvalue weighted by Crippen LogP contribution is -2.02. The molecule has 1 aromatic carbocycles. The van der Waals surface area contributed by atoms with Crippen molar-refractivity contribution in [3.8, 4) is 5.69 Å². The number of hydrogen-bond donors (Lipinski definition) is 1. The van der Waals surface area contributed by atoms with Gasteiger partial charge in [0.05, 0.1) is 5.69 Å². The molecule has 2 rings (SSSR count). The van der Waals surface area contributed by atoms with Crippen LogP contribution in [0.3, 0.4) is 0 Å². The first-order valence-corrected chi connectivity index (χ1v) is 4.48. The summed E-state index contributed by atoms with van der Waals surface area (Å²) in [6, 6.07) is 5.62. The van der Waals surface area contributed by atoms with Gasteiger partial charge in [-0.25, -0.2) is 0 Å². The summed E-state index contributed by atoms with van der Waals surface area (Å²) < 4.78 is 1.53. The second-order valence-electron chi connectivity index (χ2n) is 2.96. The Labute approximate surface area is 86.3 Å². The van der Waals surface area contributed by atoms with Gasteiger partial charge in [-0.05, 0) is 24.6 Å². The van der Waals surface area contributed by atoms with Gasteiger partial charge >= 0.3 is 0 Å². The first kappa shape index (κ1) is 9.02. The van der Waals surface area contributed by atoms with E-state index in [2.05, 4.69) is 10.1 Å². The van der Waals surface area contributed by atoms with E-state index >= 15 is 0 Å². The van der Waals surface area contributed by atoms with Crippen LogP contribution in [0.1, 0.15) is 5.56 Å². The number of aryl methyl sites for hydroxylation is 1. The standard InChI is InChI=1S/C9H9ClN4/c1-6-2-3-7(4-8(6)10)14-9(11)12-5-13-14/h2-5H,1H3,(H2,11,12,13). The van der Waals surface area contributed by atoms with E-state index in [9.17, 15) is 0 Å². The van der Waals surface area contributed by atoms with Crippen molar-refractivity contribution in [2.45, 2.75) is 6.92 Å². The largest absolute Gasteiger partial charge is 0.368 e. The number of anilines is 1. The molecule has 0 spiro atoms. The Morgan fingerprint density at radius 3 is 2.79 bits per heavy atom. The van der Waals surface area contributed by atoms with Crippen molar-refractivity contribution in [2.75, 3.05) is 5.73 Å². The lowest BCUT2D eigenvalue weighted by Gasteiger charge is -2.04. The number of benzene rings is 1. The highest BCUT2D eigenvalue weighted by Crippen LogP contribution is 2.19. The number of halogens is 1. The van der Waals surface area contributed by atoms with Crippen LogP contribution >= 0.6 is 11.6 Å². The third-order valence-electron chi connectivity index (χ3n) is 1.97. The zero-order valence-corrected chi connectivity index (χ0v) is 8.36. The zero-order valence-electron chi connectivity index (χ0n) is 7.61. The fraction of sp³-hybridized carbons (Fsp3) is 0.111. The SMILES string of the molecule is Cc1ccc(-n2ncnc2N)cc1Cl. The van der Waals surface area contributed by atoms with Gasteiger partial charge < -0.3 is 5.73 Å². The van der Waals surface area contributed by atoms with E-state index < -0.39 is 0 Å². The van der Waals surface area contributed by atoms with E-state index in [0.717, 1.165) is 11.3 Å². The molecule has 0 bridgehead atoms. The number of nitrogens with two attached hydrogens (primary N) is 1. The third kappa shape index (κ3) is 1.44. The van der Waals surface area contributed by atoms with E-state index in [1.54, 1.807) is 0 Å². The topological polar surface area (TPSA) is 56.7 Å². The molecule has 0 aliphatic rings. The van der Waals surface area contributed by atoms with Gasteiger partial charge in [0.1, 0.15) is 6.33 Å². The molecule has 0 saturated carbocycles. The van der Waals surface area contributed by atoms with Crippen LogP contribution in [0.4, 0.5) is 5.95 Å². The highest BCUT2D eigenvalue weighted by atomic mass is 35.5. The normalized spacial score (nSPS) is 10.4. The summed E-state index contributed by atoms with van der Waals surface area (Å²) in [6.45, 7) is 1.94. The van der Waals surface area contributed by atoms with Gasteiger partial charge in [-0.1, -0.05) is 17.7 Å². The smallest absolute Gasteiger partial charge is 0.223 e. The Morgan fingerprint density at radius 2 is 2.21 bits per heavy atom. The molecule has 0 atom stereocenters. The second kappa shape index (κ2) is 3.31. The molecule has 0 saturated heterocycles. The van der Waals surface area contributed by atoms with Gasteiger partial charge in [-0.3, -0.25) is 0 Å². The van der Waals surface area contributed by atoms with Crippen LogP contribution in [0.15, 0.2) is 24.5 Å². The van der Waals surface area contributed by atoms with Crippen LogP contribution in [0.2, 0.25) is 5.02 Å². The van der Waals surface area contributed by atoms with Crippen LogP contribution in [0.5, 0.6) is 0 Å². The van der Waals surface area contributed by atoms with Gasteiger partial charge in [0.15, 0.2) is 0 Å². The van der Waals surface area contributed by atoms with Crippen molar-refractivity contribution in [2.24, 2.45) is 0 Å². The highest BCUT2D eigenvalue weighted by Gasteiger charge is 2.04. The van der Waals surface area contributed by atoms with E-state index in [1.165, 1.54) is 11.0 Å². The molecule has 0 fully saturated rings. The molecule has 1 heterocycles. The zero-order chi connectivity index (χ0) is 10.1. The van der Waals surface area contributed by atoms with Gasteiger partial charge in [0.25, 0.3) is 0 Å². The second-order valence-corrected chi connectivity index (χ2v) is 3.37. The summed E-state index contributed by atoms with van der Waals surface area (Å²) in [7, 11) is 0. The third-order valence-corrected chi connectivity index (χ3v) is 2.38. The van der Waals surface area contributed by atoms with Crippen LogP contribution in [-0.2, 0) is 0 Å². The van der Waals surface area contributed by atoms with Crippen molar-refractivity contribution in [1.29, 1.82) is 0 Å². The number of nitrogen functional groups attached to an aromatic ring is 1. The van der Waals surface area contributed by atoms with Crippen molar-refractivity contribution in [3.05, 3.63) is 35.1 Å².